The number of methoxy groups -OCH3 is 1. The van der Waals surface area contributed by atoms with Crippen LogP contribution in [0.2, 0.25) is 0 Å². The highest BCUT2D eigenvalue weighted by atomic mass is 32.2. The molecule has 1 aromatic heterocycles. The van der Waals surface area contributed by atoms with Crippen molar-refractivity contribution in [1.82, 2.24) is 30.2 Å². The second-order valence-electron chi connectivity index (χ2n) is 17.2. The molecule has 0 unspecified atom stereocenters. The van der Waals surface area contributed by atoms with Crippen LogP contribution in [0.1, 0.15) is 97.1 Å². The van der Waals surface area contributed by atoms with Gasteiger partial charge in [-0.15, -0.1) is 6.58 Å². The average molecular weight is 795 g/mol. The maximum absolute atomic E-state index is 14.7. The van der Waals surface area contributed by atoms with Crippen LogP contribution in [-0.4, -0.2) is 95.8 Å². The van der Waals surface area contributed by atoms with Crippen LogP contribution >= 0.6 is 0 Å². The molecule has 7 atom stereocenters. The molecule has 4 amide bonds. The number of aryl methyl sites for hydroxylation is 1. The van der Waals surface area contributed by atoms with E-state index in [1.807, 2.05) is 32.9 Å². The third kappa shape index (κ3) is 8.30. The first kappa shape index (κ1) is 39.8. The summed E-state index contributed by atoms with van der Waals surface area (Å²) in [5, 5.41) is 5.03. The molecule has 1 aromatic carbocycles. The number of ether oxygens (including phenoxy) is 3. The zero-order valence-electron chi connectivity index (χ0n) is 32.7. The lowest BCUT2D eigenvalue weighted by Crippen LogP contribution is -2.60. The van der Waals surface area contributed by atoms with Gasteiger partial charge >= 0.3 is 6.09 Å². The molecule has 3 N–H and O–H groups in total. The van der Waals surface area contributed by atoms with Gasteiger partial charge in [0.05, 0.1) is 29.9 Å². The monoisotopic (exact) mass is 794 g/mol. The summed E-state index contributed by atoms with van der Waals surface area (Å²) >= 11 is 0. The molecule has 3 heterocycles. The molecule has 3 saturated carbocycles. The molecular weight excluding hydrogens is 741 g/mol. The van der Waals surface area contributed by atoms with Gasteiger partial charge in [0, 0.05) is 18.4 Å². The number of hydrogen-bond donors (Lipinski definition) is 3. The van der Waals surface area contributed by atoms with E-state index >= 15 is 0 Å². The summed E-state index contributed by atoms with van der Waals surface area (Å²) < 4.78 is 45.7. The van der Waals surface area contributed by atoms with E-state index in [0.29, 0.717) is 47.6 Å². The van der Waals surface area contributed by atoms with Gasteiger partial charge in [-0.25, -0.2) is 23.2 Å². The van der Waals surface area contributed by atoms with Gasteiger partial charge in [0.15, 0.2) is 0 Å². The quantitative estimate of drug-likeness (QED) is 0.342. The predicted octanol–water partition coefficient (Wildman–Crippen LogP) is 4.08. The normalized spacial score (nSPS) is 30.0. The molecular formula is C40H54N6O9S. The minimum Gasteiger partial charge on any atom is -0.497 e. The van der Waals surface area contributed by atoms with E-state index in [2.05, 4.69) is 21.9 Å². The second kappa shape index (κ2) is 15.5. The van der Waals surface area contributed by atoms with E-state index in [1.54, 1.807) is 13.2 Å². The van der Waals surface area contributed by atoms with Gasteiger partial charge in [0.1, 0.15) is 41.3 Å². The van der Waals surface area contributed by atoms with Crippen molar-refractivity contribution in [2.45, 2.75) is 133 Å². The van der Waals surface area contributed by atoms with Crippen molar-refractivity contribution < 1.29 is 41.8 Å². The maximum Gasteiger partial charge on any atom is 0.408 e. The SMILES string of the molecule is C=C[C@H]1C[C@]1(NC(=O)[C@@H]1C[C@@H]2CN1C(=O)[C@H](C(C)(C)C)NC(=O)O[C@@H]1CCC[C@H]1CCCCCc1nc3ccc(OC)cc3nc1O2)C(=O)NS(=O)(=O)C1CC1. The molecule has 16 heteroatoms. The van der Waals surface area contributed by atoms with Crippen molar-refractivity contribution in [3.63, 3.8) is 0 Å². The summed E-state index contributed by atoms with van der Waals surface area (Å²) in [6.07, 6.45) is 7.81. The highest BCUT2D eigenvalue weighted by Gasteiger charge is 2.62. The number of nitrogens with zero attached hydrogens (tertiary/aromatic N) is 3. The van der Waals surface area contributed by atoms with Gasteiger partial charge in [-0.1, -0.05) is 39.7 Å². The summed E-state index contributed by atoms with van der Waals surface area (Å²) in [6.45, 7) is 9.23. The van der Waals surface area contributed by atoms with Crippen molar-refractivity contribution in [2.75, 3.05) is 13.7 Å². The summed E-state index contributed by atoms with van der Waals surface area (Å²) in [5.41, 5.74) is -0.452. The Morgan fingerprint density at radius 2 is 1.80 bits per heavy atom. The molecule has 304 valence electrons. The number of sulfonamides is 1. The van der Waals surface area contributed by atoms with Crippen LogP contribution in [0.25, 0.3) is 11.0 Å². The van der Waals surface area contributed by atoms with E-state index < -0.39 is 74.1 Å². The van der Waals surface area contributed by atoms with Crippen LogP contribution in [0.3, 0.4) is 0 Å². The molecule has 7 rings (SSSR count). The summed E-state index contributed by atoms with van der Waals surface area (Å²) in [7, 11) is -2.33. The van der Waals surface area contributed by atoms with Crippen molar-refractivity contribution in [3.05, 3.63) is 36.5 Å². The van der Waals surface area contributed by atoms with Gasteiger partial charge in [-0.05, 0) is 81.3 Å². The fraction of sp³-hybridized carbons (Fsp3) is 0.650. The van der Waals surface area contributed by atoms with Crippen molar-refractivity contribution in [1.29, 1.82) is 0 Å². The van der Waals surface area contributed by atoms with Gasteiger partial charge in [0.2, 0.25) is 27.7 Å². The summed E-state index contributed by atoms with van der Waals surface area (Å²) in [6, 6.07) is 3.21. The van der Waals surface area contributed by atoms with E-state index in [4.69, 9.17) is 24.2 Å². The van der Waals surface area contributed by atoms with Gasteiger partial charge in [-0.2, -0.15) is 0 Å². The Hall–Kier alpha value is -4.47. The molecule has 2 aliphatic heterocycles. The van der Waals surface area contributed by atoms with Crippen LogP contribution < -0.4 is 24.8 Å². The Bertz CT molecular complexity index is 2000. The van der Waals surface area contributed by atoms with Gasteiger partial charge in [-0.3, -0.25) is 19.1 Å². The van der Waals surface area contributed by atoms with Crippen LogP contribution in [0, 0.1) is 17.3 Å². The fourth-order valence-electron chi connectivity index (χ4n) is 8.46. The highest BCUT2D eigenvalue weighted by Crippen LogP contribution is 2.46. The molecule has 56 heavy (non-hydrogen) atoms. The summed E-state index contributed by atoms with van der Waals surface area (Å²) in [4.78, 5) is 67.4. The molecule has 0 radical (unpaired) electrons. The minimum absolute atomic E-state index is 0.0245. The first-order chi connectivity index (χ1) is 26.6. The minimum atomic E-state index is -3.90. The van der Waals surface area contributed by atoms with Crippen LogP contribution in [0.5, 0.6) is 11.6 Å². The van der Waals surface area contributed by atoms with Crippen molar-refractivity contribution >= 4 is 44.9 Å². The van der Waals surface area contributed by atoms with Crippen LogP contribution in [0.4, 0.5) is 4.79 Å². The van der Waals surface area contributed by atoms with Crippen LogP contribution in [0.15, 0.2) is 30.9 Å². The Labute approximate surface area is 328 Å². The molecule has 2 aromatic rings. The smallest absolute Gasteiger partial charge is 0.408 e. The number of carbonyl (C=O) groups is 4. The first-order valence-electron chi connectivity index (χ1n) is 19.9. The summed E-state index contributed by atoms with van der Waals surface area (Å²) in [5.74, 6) is -1.42. The van der Waals surface area contributed by atoms with Crippen molar-refractivity contribution in [3.8, 4) is 11.6 Å². The number of rotatable bonds is 7. The van der Waals surface area contributed by atoms with E-state index in [1.165, 1.54) is 11.0 Å². The Balaban J connectivity index is 1.23. The molecule has 15 nitrogen and oxygen atoms in total. The number of aromatic nitrogens is 2. The van der Waals surface area contributed by atoms with E-state index in [0.717, 1.165) is 44.9 Å². The highest BCUT2D eigenvalue weighted by molar-refractivity contribution is 7.91. The zero-order chi connectivity index (χ0) is 40.0. The lowest BCUT2D eigenvalue weighted by molar-refractivity contribution is -0.143. The first-order valence-corrected chi connectivity index (χ1v) is 21.5. The average Bonchev–Trinajstić information content (AvgIpc) is 4.04. The lowest BCUT2D eigenvalue weighted by atomic mass is 9.85. The number of benzene rings is 1. The Morgan fingerprint density at radius 3 is 2.50 bits per heavy atom. The maximum atomic E-state index is 14.7. The van der Waals surface area contributed by atoms with Crippen molar-refractivity contribution in [2.24, 2.45) is 17.3 Å². The number of carbonyl (C=O) groups excluding carboxylic acids is 4. The molecule has 4 fully saturated rings. The fourth-order valence-corrected chi connectivity index (χ4v) is 9.82. The topological polar surface area (TPSA) is 195 Å². The third-order valence-electron chi connectivity index (χ3n) is 12.0. The van der Waals surface area contributed by atoms with E-state index in [9.17, 15) is 27.6 Å². The van der Waals surface area contributed by atoms with Crippen LogP contribution in [-0.2, 0) is 35.6 Å². The van der Waals surface area contributed by atoms with Gasteiger partial charge in [0.25, 0.3) is 5.91 Å². The van der Waals surface area contributed by atoms with Gasteiger partial charge < -0.3 is 29.7 Å². The number of alkyl carbamates (subject to hydrolysis) is 1. The molecule has 3 aliphatic carbocycles. The number of nitrogens with one attached hydrogen (secondary N) is 3. The third-order valence-corrected chi connectivity index (χ3v) is 13.8. The largest absolute Gasteiger partial charge is 0.497 e. The Kier molecular flexibility index (Phi) is 11.0. The van der Waals surface area contributed by atoms with E-state index in [-0.39, 0.29) is 31.4 Å². The number of amides is 4. The number of fused-ring (bicyclic) bond motifs is 5. The molecule has 0 spiro atoms. The lowest BCUT2D eigenvalue weighted by Gasteiger charge is -2.35. The number of hydrogen-bond acceptors (Lipinski definition) is 11. The zero-order valence-corrected chi connectivity index (χ0v) is 33.5. The molecule has 1 saturated heterocycles. The predicted molar refractivity (Wildman–Crippen MR) is 206 cm³/mol. The standard InChI is InChI=1S/C40H54N6O9S/c1-6-24-21-40(24,37(49)45-56(51,52)27-16-17-27)44-34(47)31-20-26-22-46(31)36(48)33(39(2,3)4)43-38(50)55-32-14-10-12-23(32)11-8-7-9-13-29-35(54-26)42-30-19-25(53-5)15-18-28(30)41-29/h6,15,18-19,23-24,26-27,31-33H,1,7-14,16-17,20-22H2,2-5H3,(H,43,50)(H,44,47)(H,45,49)/t23-,24+,26-,31+,32-,33-,40-/m1/s1. The Morgan fingerprint density at radius 1 is 1.04 bits per heavy atom. The molecule has 2 bridgehead atoms. The second-order valence-corrected chi connectivity index (χ2v) is 19.1. The molecule has 5 aliphatic rings.